The van der Waals surface area contributed by atoms with Crippen LogP contribution in [0.2, 0.25) is 0 Å². The monoisotopic (exact) mass is 192 g/mol. The highest BCUT2D eigenvalue weighted by Gasteiger charge is 2.01. The number of benzene rings is 1. The molecule has 0 aliphatic heterocycles. The topological polar surface area (TPSA) is 57.5 Å². The van der Waals surface area contributed by atoms with E-state index in [1.165, 1.54) is 6.08 Å². The van der Waals surface area contributed by atoms with Gasteiger partial charge in [0.05, 0.1) is 0 Å². The summed E-state index contributed by atoms with van der Waals surface area (Å²) >= 11 is 0. The average Bonchev–Trinajstić information content (AvgIpc) is 2.06. The Balaban J connectivity index is 0.00000144. The number of carboxylic acid groups (broad SMARTS) is 1. The second-order valence-electron chi connectivity index (χ2n) is 2.25. The fraction of sp³-hybridized carbons (Fsp3) is 0. The summed E-state index contributed by atoms with van der Waals surface area (Å²) in [5.74, 6) is -1.97. The summed E-state index contributed by atoms with van der Waals surface area (Å²) in [5.41, 5.74) is 0.664. The standard InChI is InChI=1S/C9H8O3.Si/c10-8(9(11)12)6-7-4-2-1-3-5-7;/h1-6,10H,(H,11,12);. The smallest absolute Gasteiger partial charge is 0.370 e. The van der Waals surface area contributed by atoms with Gasteiger partial charge in [0.25, 0.3) is 0 Å². The Kier molecular flexibility index (Phi) is 4.54. The lowest BCUT2D eigenvalue weighted by Crippen LogP contribution is -1.98. The number of hydrogen-bond donors (Lipinski definition) is 2. The summed E-state index contributed by atoms with van der Waals surface area (Å²) in [5, 5.41) is 17.2. The SMILES string of the molecule is O=C(O)C(O)=Cc1ccccc1.[Si]. The molecule has 0 heterocycles. The van der Waals surface area contributed by atoms with Crippen molar-refractivity contribution < 1.29 is 15.0 Å². The number of aliphatic hydroxyl groups excluding tert-OH is 1. The largest absolute Gasteiger partial charge is 0.502 e. The van der Waals surface area contributed by atoms with Gasteiger partial charge in [-0.2, -0.15) is 0 Å². The quantitative estimate of drug-likeness (QED) is 0.421. The molecule has 0 bridgehead atoms. The first-order valence-corrected chi connectivity index (χ1v) is 3.39. The molecule has 1 aromatic rings. The van der Waals surface area contributed by atoms with E-state index in [4.69, 9.17) is 10.2 Å². The van der Waals surface area contributed by atoms with Crippen molar-refractivity contribution in [3.8, 4) is 0 Å². The molecule has 0 unspecified atom stereocenters. The minimum atomic E-state index is -1.32. The average molecular weight is 192 g/mol. The lowest BCUT2D eigenvalue weighted by molar-refractivity contribution is -0.135. The van der Waals surface area contributed by atoms with Crippen LogP contribution in [-0.2, 0) is 4.79 Å². The zero-order chi connectivity index (χ0) is 8.97. The minimum absolute atomic E-state index is 0. The highest BCUT2D eigenvalue weighted by Crippen LogP contribution is 2.03. The van der Waals surface area contributed by atoms with Crippen LogP contribution in [0.5, 0.6) is 0 Å². The van der Waals surface area contributed by atoms with Crippen molar-refractivity contribution in [2.24, 2.45) is 0 Å². The molecule has 1 rings (SSSR count). The predicted molar refractivity (Wildman–Crippen MR) is 50.4 cm³/mol. The van der Waals surface area contributed by atoms with Gasteiger partial charge >= 0.3 is 5.97 Å². The van der Waals surface area contributed by atoms with Crippen LogP contribution in [0.25, 0.3) is 6.08 Å². The Hall–Kier alpha value is -1.55. The number of hydrogen-bond acceptors (Lipinski definition) is 2. The summed E-state index contributed by atoms with van der Waals surface area (Å²) in [6.45, 7) is 0. The normalized spacial score (nSPS) is 10.3. The van der Waals surface area contributed by atoms with Crippen LogP contribution in [-0.4, -0.2) is 27.1 Å². The third kappa shape index (κ3) is 3.57. The minimum Gasteiger partial charge on any atom is -0.502 e. The van der Waals surface area contributed by atoms with Gasteiger partial charge in [-0.1, -0.05) is 30.3 Å². The molecular formula is C9H8O3Si. The lowest BCUT2D eigenvalue weighted by Gasteiger charge is -1.92. The van der Waals surface area contributed by atoms with E-state index in [9.17, 15) is 4.79 Å². The van der Waals surface area contributed by atoms with E-state index >= 15 is 0 Å². The number of aliphatic hydroxyl groups is 1. The Morgan fingerprint density at radius 3 is 2.15 bits per heavy atom. The van der Waals surface area contributed by atoms with Gasteiger partial charge in [0.1, 0.15) is 0 Å². The molecule has 0 aromatic heterocycles. The van der Waals surface area contributed by atoms with Gasteiger partial charge in [-0.05, 0) is 11.6 Å². The van der Waals surface area contributed by atoms with E-state index in [0.717, 1.165) is 0 Å². The maximum atomic E-state index is 10.2. The maximum absolute atomic E-state index is 10.2. The van der Waals surface area contributed by atoms with Crippen LogP contribution >= 0.6 is 0 Å². The Morgan fingerprint density at radius 2 is 1.69 bits per heavy atom. The molecule has 0 saturated heterocycles. The van der Waals surface area contributed by atoms with E-state index in [1.54, 1.807) is 24.3 Å². The Morgan fingerprint density at radius 1 is 1.15 bits per heavy atom. The number of carbonyl (C=O) groups is 1. The molecule has 13 heavy (non-hydrogen) atoms. The third-order valence-corrected chi connectivity index (χ3v) is 1.32. The lowest BCUT2D eigenvalue weighted by atomic mass is 10.2. The summed E-state index contributed by atoms with van der Waals surface area (Å²) < 4.78 is 0. The molecule has 0 aliphatic rings. The first kappa shape index (κ1) is 11.4. The van der Waals surface area contributed by atoms with E-state index < -0.39 is 11.7 Å². The zero-order valence-corrected chi connectivity index (χ0v) is 7.77. The van der Waals surface area contributed by atoms with Gasteiger partial charge < -0.3 is 10.2 Å². The molecule has 0 saturated carbocycles. The predicted octanol–water partition coefficient (Wildman–Crippen LogP) is 1.29. The van der Waals surface area contributed by atoms with Crippen molar-refractivity contribution >= 4 is 23.0 Å². The van der Waals surface area contributed by atoms with Gasteiger partial charge in [-0.15, -0.1) is 0 Å². The molecule has 3 nitrogen and oxygen atoms in total. The third-order valence-electron chi connectivity index (χ3n) is 1.32. The van der Waals surface area contributed by atoms with Crippen LogP contribution in [0.4, 0.5) is 0 Å². The molecule has 0 amide bonds. The van der Waals surface area contributed by atoms with Crippen molar-refractivity contribution in [3.05, 3.63) is 41.7 Å². The molecule has 4 heteroatoms. The van der Waals surface area contributed by atoms with Gasteiger partial charge in [-0.3, -0.25) is 0 Å². The van der Waals surface area contributed by atoms with Crippen molar-refractivity contribution in [1.82, 2.24) is 0 Å². The fourth-order valence-electron chi connectivity index (χ4n) is 0.769. The van der Waals surface area contributed by atoms with Crippen LogP contribution < -0.4 is 0 Å². The molecule has 0 fully saturated rings. The van der Waals surface area contributed by atoms with Crippen LogP contribution in [0.3, 0.4) is 0 Å². The number of aliphatic carboxylic acids is 1. The fourth-order valence-corrected chi connectivity index (χ4v) is 0.769. The van der Waals surface area contributed by atoms with E-state index in [-0.39, 0.29) is 11.0 Å². The van der Waals surface area contributed by atoms with Crippen molar-refractivity contribution in [2.45, 2.75) is 0 Å². The van der Waals surface area contributed by atoms with Crippen LogP contribution in [0.15, 0.2) is 36.1 Å². The van der Waals surface area contributed by atoms with Crippen LogP contribution in [0.1, 0.15) is 5.56 Å². The maximum Gasteiger partial charge on any atom is 0.370 e. The van der Waals surface area contributed by atoms with Gasteiger partial charge in [-0.25, -0.2) is 4.79 Å². The first-order valence-electron chi connectivity index (χ1n) is 3.39. The molecule has 0 spiro atoms. The molecule has 2 N–H and O–H groups in total. The molecule has 0 aliphatic carbocycles. The first-order chi connectivity index (χ1) is 5.70. The second kappa shape index (κ2) is 5.16. The van der Waals surface area contributed by atoms with E-state index in [2.05, 4.69) is 0 Å². The van der Waals surface area contributed by atoms with Crippen LogP contribution in [0, 0.1) is 0 Å². The van der Waals surface area contributed by atoms with Crippen molar-refractivity contribution in [1.29, 1.82) is 0 Å². The second-order valence-corrected chi connectivity index (χ2v) is 2.25. The summed E-state index contributed by atoms with van der Waals surface area (Å²) in [4.78, 5) is 10.2. The summed E-state index contributed by atoms with van der Waals surface area (Å²) in [7, 11) is 0. The zero-order valence-electron chi connectivity index (χ0n) is 6.77. The van der Waals surface area contributed by atoms with Gasteiger partial charge in [0.2, 0.25) is 5.76 Å². The van der Waals surface area contributed by atoms with Gasteiger partial charge in [0, 0.05) is 11.0 Å². The number of carboxylic acids is 1. The molecule has 1 aromatic carbocycles. The molecule has 4 radical (unpaired) electrons. The summed E-state index contributed by atoms with van der Waals surface area (Å²) in [6, 6.07) is 8.76. The van der Waals surface area contributed by atoms with Gasteiger partial charge in [0.15, 0.2) is 0 Å². The molecule has 66 valence electrons. The highest BCUT2D eigenvalue weighted by atomic mass is 28.1. The number of rotatable bonds is 2. The highest BCUT2D eigenvalue weighted by molar-refractivity contribution is 5.89. The van der Waals surface area contributed by atoms with E-state index in [1.807, 2.05) is 6.07 Å². The summed E-state index contributed by atoms with van der Waals surface area (Å²) in [6.07, 6.45) is 1.20. The van der Waals surface area contributed by atoms with E-state index in [0.29, 0.717) is 5.56 Å². The van der Waals surface area contributed by atoms with Crippen molar-refractivity contribution in [2.75, 3.05) is 0 Å². The molecular weight excluding hydrogens is 184 g/mol. The Labute approximate surface area is 80.4 Å². The van der Waals surface area contributed by atoms with Crippen molar-refractivity contribution in [3.63, 3.8) is 0 Å². The Bertz CT molecular complexity index is 306. The molecule has 0 atom stereocenters.